The largest absolute Gasteiger partial charge is 0.324 e. The number of hydrogen-bond acceptors (Lipinski definition) is 6. The van der Waals surface area contributed by atoms with E-state index in [9.17, 15) is 13.6 Å². The van der Waals surface area contributed by atoms with Crippen LogP contribution in [0.4, 0.5) is 20.4 Å². The Bertz CT molecular complexity index is 1090. The Morgan fingerprint density at radius 1 is 0.963 bits per heavy atom. The van der Waals surface area contributed by atoms with Crippen molar-refractivity contribution < 1.29 is 13.6 Å². The van der Waals surface area contributed by atoms with Gasteiger partial charge in [-0.05, 0) is 42.5 Å². The highest BCUT2D eigenvalue weighted by Gasteiger charge is 2.22. The molecule has 0 unspecified atom stereocenters. The van der Waals surface area contributed by atoms with Gasteiger partial charge in [-0.15, -0.1) is 0 Å². The maximum absolute atomic E-state index is 14.1. The molecule has 0 aliphatic rings. The number of nitrogens with zero attached hydrogens (tertiary/aromatic N) is 4. The van der Waals surface area contributed by atoms with Crippen LogP contribution >= 0.6 is 0 Å². The topological polar surface area (TPSA) is 102 Å². The van der Waals surface area contributed by atoms with E-state index in [1.54, 1.807) is 30.3 Å². The highest BCUT2D eigenvalue weighted by Crippen LogP contribution is 2.20. The smallest absolute Gasteiger partial charge is 0.227 e. The Morgan fingerprint density at radius 2 is 1.59 bits per heavy atom. The molecule has 27 heavy (non-hydrogen) atoms. The van der Waals surface area contributed by atoms with Crippen molar-refractivity contribution in [1.29, 1.82) is 10.5 Å². The SMILES string of the molecule is N#Cc1ccc(Nc2nccc(C(=O)c3c(F)cc(C#N)cc3F)n2)cc1. The van der Waals surface area contributed by atoms with E-state index in [0.717, 1.165) is 12.1 Å². The number of benzene rings is 2. The summed E-state index contributed by atoms with van der Waals surface area (Å²) in [5.74, 6) is -3.21. The van der Waals surface area contributed by atoms with Gasteiger partial charge in [0, 0.05) is 11.9 Å². The van der Waals surface area contributed by atoms with Gasteiger partial charge in [0.15, 0.2) is 0 Å². The molecule has 0 radical (unpaired) electrons. The van der Waals surface area contributed by atoms with Crippen molar-refractivity contribution in [3.05, 3.63) is 82.7 Å². The van der Waals surface area contributed by atoms with E-state index in [-0.39, 0.29) is 17.2 Å². The summed E-state index contributed by atoms with van der Waals surface area (Å²) in [6.45, 7) is 0. The zero-order valence-corrected chi connectivity index (χ0v) is 13.6. The molecular weight excluding hydrogens is 352 g/mol. The summed E-state index contributed by atoms with van der Waals surface area (Å²) in [4.78, 5) is 20.4. The maximum atomic E-state index is 14.1. The lowest BCUT2D eigenvalue weighted by Gasteiger charge is -2.07. The first-order valence-corrected chi connectivity index (χ1v) is 7.56. The summed E-state index contributed by atoms with van der Waals surface area (Å²) in [5, 5.41) is 20.4. The van der Waals surface area contributed by atoms with E-state index in [4.69, 9.17) is 10.5 Å². The number of nitriles is 2. The molecule has 2 aromatic carbocycles. The number of ketones is 1. The van der Waals surface area contributed by atoms with E-state index in [2.05, 4.69) is 15.3 Å². The first-order chi connectivity index (χ1) is 13.0. The van der Waals surface area contributed by atoms with Gasteiger partial charge in [0.25, 0.3) is 0 Å². The van der Waals surface area contributed by atoms with Gasteiger partial charge in [0.2, 0.25) is 11.7 Å². The van der Waals surface area contributed by atoms with Gasteiger partial charge in [-0.3, -0.25) is 4.79 Å². The van der Waals surface area contributed by atoms with Gasteiger partial charge in [-0.1, -0.05) is 0 Å². The van der Waals surface area contributed by atoms with Crippen molar-refractivity contribution >= 4 is 17.4 Å². The van der Waals surface area contributed by atoms with Crippen LogP contribution in [0.2, 0.25) is 0 Å². The van der Waals surface area contributed by atoms with Crippen LogP contribution in [0, 0.1) is 34.3 Å². The number of rotatable bonds is 4. The van der Waals surface area contributed by atoms with Crippen molar-refractivity contribution in [2.24, 2.45) is 0 Å². The van der Waals surface area contributed by atoms with Crippen LogP contribution in [-0.4, -0.2) is 15.8 Å². The molecule has 0 spiro atoms. The second-order valence-electron chi connectivity index (χ2n) is 5.34. The molecule has 1 aromatic heterocycles. The minimum Gasteiger partial charge on any atom is -0.324 e. The molecule has 0 saturated carbocycles. The quantitative estimate of drug-likeness (QED) is 0.714. The molecule has 130 valence electrons. The predicted molar refractivity (Wildman–Crippen MR) is 91.0 cm³/mol. The standard InChI is InChI=1S/C19H9F2N5O/c20-14-7-12(10-23)8-15(21)17(14)18(27)16-5-6-24-19(26-16)25-13-3-1-11(9-22)2-4-13/h1-8H,(H,24,25,26). The van der Waals surface area contributed by atoms with E-state index in [1.165, 1.54) is 12.3 Å². The molecule has 1 heterocycles. The second-order valence-corrected chi connectivity index (χ2v) is 5.34. The van der Waals surface area contributed by atoms with Crippen LogP contribution in [0.25, 0.3) is 0 Å². The zero-order valence-electron chi connectivity index (χ0n) is 13.6. The van der Waals surface area contributed by atoms with Gasteiger partial charge in [0.05, 0.1) is 28.8 Å². The summed E-state index contributed by atoms with van der Waals surface area (Å²) >= 11 is 0. The van der Waals surface area contributed by atoms with E-state index >= 15 is 0 Å². The summed E-state index contributed by atoms with van der Waals surface area (Å²) < 4.78 is 28.1. The van der Waals surface area contributed by atoms with E-state index in [0.29, 0.717) is 11.3 Å². The number of carbonyl (C=O) groups is 1. The highest BCUT2D eigenvalue weighted by atomic mass is 19.1. The molecule has 0 aliphatic heterocycles. The Balaban J connectivity index is 1.90. The van der Waals surface area contributed by atoms with Gasteiger partial charge in [-0.2, -0.15) is 10.5 Å². The monoisotopic (exact) mass is 361 g/mol. The van der Waals surface area contributed by atoms with E-state index < -0.39 is 23.0 Å². The number of nitrogens with one attached hydrogen (secondary N) is 1. The van der Waals surface area contributed by atoms with Crippen LogP contribution in [0.15, 0.2) is 48.7 Å². The van der Waals surface area contributed by atoms with Crippen LogP contribution < -0.4 is 5.32 Å². The van der Waals surface area contributed by atoms with Crippen LogP contribution in [-0.2, 0) is 0 Å². The van der Waals surface area contributed by atoms with Gasteiger partial charge >= 0.3 is 0 Å². The fourth-order valence-corrected chi connectivity index (χ4v) is 2.29. The fraction of sp³-hybridized carbons (Fsp3) is 0. The van der Waals surface area contributed by atoms with Crippen molar-refractivity contribution in [3.63, 3.8) is 0 Å². The second kappa shape index (κ2) is 7.38. The van der Waals surface area contributed by atoms with Crippen LogP contribution in [0.5, 0.6) is 0 Å². The third kappa shape index (κ3) is 3.75. The molecule has 3 rings (SSSR count). The number of hydrogen-bond donors (Lipinski definition) is 1. The third-order valence-electron chi connectivity index (χ3n) is 3.56. The van der Waals surface area contributed by atoms with Gasteiger partial charge in [-0.25, -0.2) is 18.7 Å². The first-order valence-electron chi connectivity index (χ1n) is 7.56. The lowest BCUT2D eigenvalue weighted by atomic mass is 10.0. The number of aromatic nitrogens is 2. The van der Waals surface area contributed by atoms with Gasteiger partial charge < -0.3 is 5.32 Å². The van der Waals surface area contributed by atoms with Crippen molar-refractivity contribution in [3.8, 4) is 12.1 Å². The summed E-state index contributed by atoms with van der Waals surface area (Å²) in [7, 11) is 0. The normalized spacial score (nSPS) is 9.93. The van der Waals surface area contributed by atoms with Crippen molar-refractivity contribution in [1.82, 2.24) is 9.97 Å². The minimum atomic E-state index is -1.14. The molecule has 0 bridgehead atoms. The molecule has 6 nitrogen and oxygen atoms in total. The zero-order chi connectivity index (χ0) is 19.4. The average Bonchev–Trinajstić information content (AvgIpc) is 2.68. The molecule has 0 saturated heterocycles. The highest BCUT2D eigenvalue weighted by molar-refractivity contribution is 6.08. The van der Waals surface area contributed by atoms with Gasteiger partial charge in [0.1, 0.15) is 17.3 Å². The Hall–Kier alpha value is -4.17. The third-order valence-corrected chi connectivity index (χ3v) is 3.56. The molecule has 0 atom stereocenters. The molecular formula is C19H9F2N5O. The minimum absolute atomic E-state index is 0.0417. The summed E-state index contributed by atoms with van der Waals surface area (Å²) in [6, 6.07) is 12.8. The Labute approximate surface area is 152 Å². The summed E-state index contributed by atoms with van der Waals surface area (Å²) in [5.41, 5.74) is -0.209. The molecule has 0 amide bonds. The molecule has 1 N–H and O–H groups in total. The number of halogens is 2. The lowest BCUT2D eigenvalue weighted by Crippen LogP contribution is -2.11. The van der Waals surface area contributed by atoms with Crippen molar-refractivity contribution in [2.75, 3.05) is 5.32 Å². The van der Waals surface area contributed by atoms with Crippen LogP contribution in [0.3, 0.4) is 0 Å². The lowest BCUT2D eigenvalue weighted by molar-refractivity contribution is 0.102. The number of anilines is 2. The molecule has 8 heteroatoms. The first kappa shape index (κ1) is 17.6. The predicted octanol–water partition coefficient (Wildman–Crippen LogP) is 3.47. The fourth-order valence-electron chi connectivity index (χ4n) is 2.29. The number of carbonyl (C=O) groups excluding carboxylic acids is 1. The molecule has 3 aromatic rings. The van der Waals surface area contributed by atoms with Crippen LogP contribution in [0.1, 0.15) is 27.2 Å². The van der Waals surface area contributed by atoms with E-state index in [1.807, 2.05) is 6.07 Å². The molecule has 0 aliphatic carbocycles. The maximum Gasteiger partial charge on any atom is 0.227 e. The Morgan fingerprint density at radius 3 is 2.19 bits per heavy atom. The molecule has 0 fully saturated rings. The van der Waals surface area contributed by atoms with Crippen molar-refractivity contribution in [2.45, 2.75) is 0 Å². The summed E-state index contributed by atoms with van der Waals surface area (Å²) in [6.07, 6.45) is 1.27. The Kier molecular flexibility index (Phi) is 4.82. The average molecular weight is 361 g/mol.